The quantitative estimate of drug-likeness (QED) is 0.706. The first-order chi connectivity index (χ1) is 11.9. The Morgan fingerprint density at radius 2 is 1.76 bits per heavy atom. The van der Waals surface area contributed by atoms with Crippen LogP contribution in [0.15, 0.2) is 0 Å². The second kappa shape index (κ2) is 5.45. The summed E-state index contributed by atoms with van der Waals surface area (Å²) in [5, 5.41) is 10.2. The number of aliphatic hydroxyl groups excluding tert-OH is 1. The summed E-state index contributed by atoms with van der Waals surface area (Å²) in [6, 6.07) is 0. The predicted molar refractivity (Wildman–Crippen MR) is 98.2 cm³/mol. The van der Waals surface area contributed by atoms with Crippen molar-refractivity contribution < 1.29 is 14.7 Å². The van der Waals surface area contributed by atoms with Gasteiger partial charge in [-0.15, -0.1) is 0 Å². The highest BCUT2D eigenvalue weighted by molar-refractivity contribution is 5.12. The van der Waals surface area contributed by atoms with Gasteiger partial charge >= 0.3 is 0 Å². The monoisotopic (exact) mass is 348 g/mol. The molecule has 9 atom stereocenters. The van der Waals surface area contributed by atoms with Gasteiger partial charge in [0.25, 0.3) is 0 Å². The minimum absolute atomic E-state index is 0.0256. The zero-order chi connectivity index (χ0) is 17.4. The molecule has 1 saturated heterocycles. The van der Waals surface area contributed by atoms with Crippen molar-refractivity contribution in [2.24, 2.45) is 34.5 Å². The fourth-order valence-corrected chi connectivity index (χ4v) is 8.88. The van der Waals surface area contributed by atoms with Gasteiger partial charge in [0, 0.05) is 6.42 Å². The summed E-state index contributed by atoms with van der Waals surface area (Å²) in [4.78, 5) is 1.65. The Hall–Kier alpha value is -0.120. The van der Waals surface area contributed by atoms with E-state index in [-0.39, 0.29) is 11.8 Å². The maximum atomic E-state index is 10.2. The molecule has 0 aromatic carbocycles. The molecule has 1 unspecified atom stereocenters. The third-order valence-corrected chi connectivity index (χ3v) is 10.3. The van der Waals surface area contributed by atoms with Gasteiger partial charge in [-0.2, -0.15) is 0 Å². The van der Waals surface area contributed by atoms with E-state index in [9.17, 15) is 5.11 Å². The Bertz CT molecular complexity index is 552. The van der Waals surface area contributed by atoms with Gasteiger partial charge in [0.1, 0.15) is 13.2 Å². The zero-order valence-corrected chi connectivity index (χ0v) is 16.5. The molecule has 4 saturated carbocycles. The summed E-state index contributed by atoms with van der Waals surface area (Å²) in [6.45, 7) is 7.33. The van der Waals surface area contributed by atoms with Crippen LogP contribution in [-0.4, -0.2) is 37.1 Å². The Balaban J connectivity index is 1.46. The van der Waals surface area contributed by atoms with Crippen LogP contribution in [0.3, 0.4) is 0 Å². The molecule has 5 rings (SSSR count). The normalized spacial score (nSPS) is 61.0. The largest absolute Gasteiger partial charge is 0.393 e. The molecule has 0 aromatic rings. The van der Waals surface area contributed by atoms with Crippen LogP contribution >= 0.6 is 0 Å². The molecule has 1 aliphatic heterocycles. The number of hydrogen-bond donors (Lipinski definition) is 2. The lowest BCUT2D eigenvalue weighted by Crippen LogP contribution is -3.17. The number of aliphatic hydroxyl groups is 1. The lowest BCUT2D eigenvalue weighted by Gasteiger charge is -2.61. The van der Waals surface area contributed by atoms with E-state index in [0.717, 1.165) is 43.1 Å². The van der Waals surface area contributed by atoms with Crippen molar-refractivity contribution in [3.05, 3.63) is 0 Å². The number of ether oxygens (including phenoxy) is 1. The molecule has 142 valence electrons. The predicted octanol–water partition coefficient (Wildman–Crippen LogP) is 2.63. The smallest absolute Gasteiger partial charge is 0.207 e. The first-order valence-electron chi connectivity index (χ1n) is 11.1. The molecule has 0 amide bonds. The first kappa shape index (κ1) is 17.0. The van der Waals surface area contributed by atoms with Crippen molar-refractivity contribution in [2.45, 2.75) is 83.5 Å². The molecule has 3 nitrogen and oxygen atoms in total. The standard InChI is InChI=1S/C22H37NO2/c1-20-9-6-16(24)14-15(20)4-5-17-18(20)7-10-21(2)19(17)8-11-22(21)23(3)12-13-25-22/h15-19,24H,4-14H2,1-3H3/p+1/t15-,16+,17+,18+,19-,20+,21+,22+/m1/s1. The van der Waals surface area contributed by atoms with E-state index in [1.807, 2.05) is 0 Å². The van der Waals surface area contributed by atoms with Crippen molar-refractivity contribution in [1.82, 2.24) is 0 Å². The Morgan fingerprint density at radius 3 is 2.52 bits per heavy atom. The lowest BCUT2D eigenvalue weighted by molar-refractivity contribution is -0.946. The summed E-state index contributed by atoms with van der Waals surface area (Å²) in [5.74, 6) is 3.44. The van der Waals surface area contributed by atoms with Crippen LogP contribution in [0.1, 0.15) is 71.6 Å². The van der Waals surface area contributed by atoms with Crippen molar-refractivity contribution in [2.75, 3.05) is 20.2 Å². The average molecular weight is 349 g/mol. The number of fused-ring (bicyclic) bond motifs is 6. The molecule has 0 aromatic heterocycles. The summed E-state index contributed by atoms with van der Waals surface area (Å²) in [6.07, 6.45) is 11.5. The van der Waals surface area contributed by atoms with Crippen LogP contribution in [0.25, 0.3) is 0 Å². The second-order valence-corrected chi connectivity index (χ2v) is 10.8. The summed E-state index contributed by atoms with van der Waals surface area (Å²) in [7, 11) is 2.38. The van der Waals surface area contributed by atoms with Crippen LogP contribution < -0.4 is 4.90 Å². The van der Waals surface area contributed by atoms with Crippen LogP contribution in [0.5, 0.6) is 0 Å². The van der Waals surface area contributed by atoms with E-state index in [0.29, 0.717) is 10.8 Å². The van der Waals surface area contributed by atoms with E-state index < -0.39 is 0 Å². The molecule has 5 aliphatic rings. The molecular weight excluding hydrogens is 310 g/mol. The molecular formula is C22H38NO2+. The molecule has 4 aliphatic carbocycles. The SMILES string of the molecule is C[NH+]1CCO[C@]12CC[C@@H]1[C@H]3CC[C@@H]4C[C@@H](O)CC[C@]4(C)[C@H]3CC[C@@]12C. The molecule has 1 heterocycles. The molecule has 0 bridgehead atoms. The van der Waals surface area contributed by atoms with Gasteiger partial charge in [0.2, 0.25) is 5.72 Å². The molecule has 3 heteroatoms. The number of rotatable bonds is 0. The van der Waals surface area contributed by atoms with Gasteiger partial charge in [-0.3, -0.25) is 0 Å². The number of quaternary nitrogens is 1. The highest BCUT2D eigenvalue weighted by atomic mass is 16.5. The fourth-order valence-electron chi connectivity index (χ4n) is 8.88. The maximum absolute atomic E-state index is 10.2. The minimum Gasteiger partial charge on any atom is -0.393 e. The zero-order valence-electron chi connectivity index (χ0n) is 16.5. The van der Waals surface area contributed by atoms with Crippen molar-refractivity contribution in [3.63, 3.8) is 0 Å². The molecule has 2 N–H and O–H groups in total. The van der Waals surface area contributed by atoms with E-state index in [2.05, 4.69) is 20.9 Å². The van der Waals surface area contributed by atoms with Crippen molar-refractivity contribution in [1.29, 1.82) is 0 Å². The lowest BCUT2D eigenvalue weighted by atomic mass is 9.44. The van der Waals surface area contributed by atoms with E-state index in [1.165, 1.54) is 51.5 Å². The summed E-state index contributed by atoms with van der Waals surface area (Å²) < 4.78 is 6.54. The second-order valence-electron chi connectivity index (χ2n) is 10.8. The summed E-state index contributed by atoms with van der Waals surface area (Å²) >= 11 is 0. The fraction of sp³-hybridized carbons (Fsp3) is 1.00. The maximum Gasteiger partial charge on any atom is 0.207 e. The minimum atomic E-state index is -0.0256. The van der Waals surface area contributed by atoms with Gasteiger partial charge in [0.15, 0.2) is 0 Å². The third-order valence-electron chi connectivity index (χ3n) is 10.3. The van der Waals surface area contributed by atoms with Gasteiger partial charge in [-0.05, 0) is 80.5 Å². The van der Waals surface area contributed by atoms with E-state index in [4.69, 9.17) is 4.74 Å². The topological polar surface area (TPSA) is 33.9 Å². The highest BCUT2D eigenvalue weighted by Crippen LogP contribution is 2.68. The van der Waals surface area contributed by atoms with Crippen LogP contribution in [0.2, 0.25) is 0 Å². The van der Waals surface area contributed by atoms with Crippen molar-refractivity contribution in [3.8, 4) is 0 Å². The van der Waals surface area contributed by atoms with Gasteiger partial charge in [-0.1, -0.05) is 13.8 Å². The Labute approximate surface area is 153 Å². The van der Waals surface area contributed by atoms with E-state index in [1.54, 1.807) is 4.90 Å². The number of likely N-dealkylation sites (N-methyl/N-ethyl adjacent to an activating group) is 1. The Kier molecular flexibility index (Phi) is 3.71. The molecule has 1 spiro atoms. The van der Waals surface area contributed by atoms with Crippen LogP contribution in [0.4, 0.5) is 0 Å². The Morgan fingerprint density at radius 1 is 0.960 bits per heavy atom. The number of hydrogen-bond acceptors (Lipinski definition) is 2. The first-order valence-corrected chi connectivity index (χ1v) is 11.1. The number of nitrogens with one attached hydrogen (secondary N) is 1. The molecule has 0 radical (unpaired) electrons. The van der Waals surface area contributed by atoms with Crippen LogP contribution in [-0.2, 0) is 4.74 Å². The van der Waals surface area contributed by atoms with Gasteiger partial charge in [0.05, 0.1) is 18.6 Å². The van der Waals surface area contributed by atoms with Crippen molar-refractivity contribution >= 4 is 0 Å². The molecule has 25 heavy (non-hydrogen) atoms. The van der Waals surface area contributed by atoms with E-state index >= 15 is 0 Å². The average Bonchev–Trinajstić information content (AvgIpc) is 3.10. The van der Waals surface area contributed by atoms with Gasteiger partial charge < -0.3 is 14.7 Å². The third kappa shape index (κ3) is 2.04. The summed E-state index contributed by atoms with van der Waals surface area (Å²) in [5.41, 5.74) is 0.990. The highest BCUT2D eigenvalue weighted by Gasteiger charge is 2.70. The van der Waals surface area contributed by atoms with Gasteiger partial charge in [-0.25, -0.2) is 0 Å². The van der Waals surface area contributed by atoms with Crippen LogP contribution in [0, 0.1) is 34.5 Å². The molecule has 5 fully saturated rings.